The molecule has 0 spiro atoms. The third-order valence-corrected chi connectivity index (χ3v) is 5.77. The lowest BCUT2D eigenvalue weighted by Crippen LogP contribution is -2.49. The van der Waals surface area contributed by atoms with Gasteiger partial charge in [0.1, 0.15) is 0 Å². The van der Waals surface area contributed by atoms with Crippen LogP contribution in [-0.4, -0.2) is 66.4 Å². The molecule has 1 saturated heterocycles. The maximum absolute atomic E-state index is 11.9. The number of carbonyl (C=O) groups excluding carboxylic acids is 1. The highest BCUT2D eigenvalue weighted by molar-refractivity contribution is 8.01. The van der Waals surface area contributed by atoms with E-state index >= 15 is 0 Å². The van der Waals surface area contributed by atoms with Crippen LogP contribution in [0.5, 0.6) is 0 Å². The van der Waals surface area contributed by atoms with E-state index in [2.05, 4.69) is 3.77 Å². The van der Waals surface area contributed by atoms with Crippen LogP contribution in [0.3, 0.4) is 0 Å². The van der Waals surface area contributed by atoms with Gasteiger partial charge in [0, 0.05) is 44.8 Å². The minimum absolute atomic E-state index is 0.117. The molecule has 9 heteroatoms. The molecular weight excluding hydrogens is 302 g/mol. The molecule has 0 bridgehead atoms. The molecule has 116 valence electrons. The fourth-order valence-electron chi connectivity index (χ4n) is 1.75. The molecule has 1 aliphatic rings. The third-order valence-electron chi connectivity index (χ3n) is 2.56. The second-order valence-electron chi connectivity index (χ2n) is 5.18. The van der Waals surface area contributed by atoms with Gasteiger partial charge in [0.15, 0.2) is 0 Å². The Bertz CT molecular complexity index is 610. The van der Waals surface area contributed by atoms with Gasteiger partial charge in [0.05, 0.1) is 9.73 Å². The number of carbonyl (C=O) groups is 1. The predicted octanol–water partition coefficient (Wildman–Crippen LogP) is 0.0692. The van der Waals surface area contributed by atoms with Crippen LogP contribution >= 0.6 is 0 Å². The molecule has 1 amide bonds. The van der Waals surface area contributed by atoms with Gasteiger partial charge in [0.2, 0.25) is 5.91 Å². The maximum atomic E-state index is 11.9. The van der Waals surface area contributed by atoms with Gasteiger partial charge in [-0.15, -0.1) is 0 Å². The van der Waals surface area contributed by atoms with Crippen LogP contribution < -0.4 is 0 Å². The van der Waals surface area contributed by atoms with E-state index in [1.807, 2.05) is 13.8 Å². The zero-order chi connectivity index (χ0) is 15.6. The highest BCUT2D eigenvalue weighted by Crippen LogP contribution is 2.11. The van der Waals surface area contributed by atoms with Crippen molar-refractivity contribution in [3.63, 3.8) is 0 Å². The van der Waals surface area contributed by atoms with Crippen molar-refractivity contribution in [2.75, 3.05) is 38.7 Å². The molecule has 0 aliphatic carbocycles. The number of piperazine rings is 1. The van der Waals surface area contributed by atoms with E-state index in [9.17, 15) is 17.4 Å². The Morgan fingerprint density at radius 3 is 1.95 bits per heavy atom. The number of amides is 1. The standard InChI is InChI=1S/C11H21N3O4S2/c1-10(2)9-11(15)13-5-7-14(8-6-13)20(17,18)12-19(3,4)16/h9H,5-8H2,1-4H3. The Hall–Kier alpha value is -0.930. The molecule has 20 heavy (non-hydrogen) atoms. The van der Waals surface area contributed by atoms with Gasteiger partial charge >= 0.3 is 10.2 Å². The van der Waals surface area contributed by atoms with Crippen molar-refractivity contribution in [2.24, 2.45) is 3.77 Å². The number of nitrogens with zero attached hydrogens (tertiary/aromatic N) is 3. The summed E-state index contributed by atoms with van der Waals surface area (Å²) in [4.78, 5) is 13.4. The Morgan fingerprint density at radius 2 is 1.55 bits per heavy atom. The minimum atomic E-state index is -3.88. The summed E-state index contributed by atoms with van der Waals surface area (Å²) in [5.41, 5.74) is 0.900. The van der Waals surface area contributed by atoms with Crippen molar-refractivity contribution in [2.45, 2.75) is 13.8 Å². The van der Waals surface area contributed by atoms with E-state index in [1.165, 1.54) is 18.6 Å². The van der Waals surface area contributed by atoms with E-state index in [1.54, 1.807) is 4.90 Å². The number of hydrogen-bond acceptors (Lipinski definition) is 4. The summed E-state index contributed by atoms with van der Waals surface area (Å²) in [6, 6.07) is 0. The summed E-state index contributed by atoms with van der Waals surface area (Å²) >= 11 is 0. The van der Waals surface area contributed by atoms with Crippen LogP contribution in [-0.2, 0) is 24.7 Å². The van der Waals surface area contributed by atoms with E-state index < -0.39 is 19.9 Å². The topological polar surface area (TPSA) is 87.1 Å². The molecule has 0 unspecified atom stereocenters. The number of allylic oxidation sites excluding steroid dienone is 1. The van der Waals surface area contributed by atoms with Crippen molar-refractivity contribution in [3.8, 4) is 0 Å². The summed E-state index contributed by atoms with van der Waals surface area (Å²) < 4.78 is 39.9. The highest BCUT2D eigenvalue weighted by atomic mass is 32.3. The number of hydrogen-bond donors (Lipinski definition) is 0. The summed E-state index contributed by atoms with van der Waals surface area (Å²) in [7, 11) is -6.61. The molecule has 0 saturated carbocycles. The normalized spacial score (nSPS) is 17.7. The summed E-state index contributed by atoms with van der Waals surface area (Å²) in [5.74, 6) is -0.117. The van der Waals surface area contributed by atoms with Crippen molar-refractivity contribution < 1.29 is 17.4 Å². The lowest BCUT2D eigenvalue weighted by Gasteiger charge is -2.32. The summed E-state index contributed by atoms with van der Waals surface area (Å²) in [6.07, 6.45) is 4.08. The largest absolute Gasteiger partial charge is 0.337 e. The SMILES string of the molecule is CC(C)=CC(=O)N1CCN(S(=O)(=O)N=S(C)(C)=O)CC1. The minimum Gasteiger partial charge on any atom is -0.337 e. The first-order chi connectivity index (χ1) is 9.01. The Balaban J connectivity index is 2.75. The van der Waals surface area contributed by atoms with Gasteiger partial charge in [-0.2, -0.15) is 12.7 Å². The molecule has 1 fully saturated rings. The monoisotopic (exact) mass is 323 g/mol. The average molecular weight is 323 g/mol. The second-order valence-corrected chi connectivity index (χ2v) is 9.55. The maximum Gasteiger partial charge on any atom is 0.330 e. The van der Waals surface area contributed by atoms with E-state index in [0.717, 1.165) is 9.88 Å². The van der Waals surface area contributed by atoms with Gasteiger partial charge in [-0.1, -0.05) is 9.34 Å². The van der Waals surface area contributed by atoms with Crippen molar-refractivity contribution in [3.05, 3.63) is 11.6 Å². The second kappa shape index (κ2) is 6.23. The Morgan fingerprint density at radius 1 is 1.05 bits per heavy atom. The van der Waals surface area contributed by atoms with Crippen LogP contribution in [0, 0.1) is 0 Å². The van der Waals surface area contributed by atoms with E-state index in [0.29, 0.717) is 13.1 Å². The van der Waals surface area contributed by atoms with Crippen LogP contribution in [0.25, 0.3) is 0 Å². The first-order valence-electron chi connectivity index (χ1n) is 6.13. The molecule has 1 rings (SSSR count). The van der Waals surface area contributed by atoms with E-state index in [4.69, 9.17) is 0 Å². The first kappa shape index (κ1) is 17.1. The molecular formula is C11H21N3O4S2. The quantitative estimate of drug-likeness (QED) is 0.688. The van der Waals surface area contributed by atoms with Crippen LogP contribution in [0.1, 0.15) is 13.8 Å². The molecule has 0 atom stereocenters. The molecule has 0 aromatic rings. The Labute approximate surface area is 121 Å². The van der Waals surface area contributed by atoms with Gasteiger partial charge in [-0.3, -0.25) is 4.79 Å². The zero-order valence-corrected chi connectivity index (χ0v) is 13.8. The van der Waals surface area contributed by atoms with Gasteiger partial charge < -0.3 is 4.90 Å². The first-order valence-corrected chi connectivity index (χ1v) is 9.86. The fraction of sp³-hybridized carbons (Fsp3) is 0.727. The lowest BCUT2D eigenvalue weighted by molar-refractivity contribution is -0.127. The average Bonchev–Trinajstić information content (AvgIpc) is 2.25. The summed E-state index contributed by atoms with van der Waals surface area (Å²) in [6.45, 7) is 4.62. The molecule has 1 heterocycles. The molecule has 0 aromatic heterocycles. The molecule has 7 nitrogen and oxygen atoms in total. The smallest absolute Gasteiger partial charge is 0.330 e. The Kier molecular flexibility index (Phi) is 5.33. The molecule has 0 radical (unpaired) electrons. The van der Waals surface area contributed by atoms with Crippen LogP contribution in [0.2, 0.25) is 0 Å². The molecule has 0 aromatic carbocycles. The fourth-order valence-corrected chi connectivity index (χ4v) is 4.57. The predicted molar refractivity (Wildman–Crippen MR) is 78.9 cm³/mol. The third kappa shape index (κ3) is 5.22. The lowest BCUT2D eigenvalue weighted by atomic mass is 10.3. The number of rotatable bonds is 3. The van der Waals surface area contributed by atoms with Crippen molar-refractivity contribution in [1.29, 1.82) is 0 Å². The molecule has 1 aliphatic heterocycles. The van der Waals surface area contributed by atoms with Gasteiger partial charge in [-0.05, 0) is 13.8 Å². The summed E-state index contributed by atoms with van der Waals surface area (Å²) in [5, 5.41) is 0. The highest BCUT2D eigenvalue weighted by Gasteiger charge is 2.28. The van der Waals surface area contributed by atoms with Crippen molar-refractivity contribution >= 4 is 25.8 Å². The zero-order valence-electron chi connectivity index (χ0n) is 12.2. The van der Waals surface area contributed by atoms with Crippen molar-refractivity contribution in [1.82, 2.24) is 9.21 Å². The van der Waals surface area contributed by atoms with Gasteiger partial charge in [-0.25, -0.2) is 4.21 Å². The molecule has 0 N–H and O–H groups in total. The van der Waals surface area contributed by atoms with Gasteiger partial charge in [0.25, 0.3) is 0 Å². The van der Waals surface area contributed by atoms with E-state index in [-0.39, 0.29) is 19.0 Å². The van der Waals surface area contributed by atoms with Crippen LogP contribution in [0.15, 0.2) is 15.4 Å². The van der Waals surface area contributed by atoms with Crippen LogP contribution in [0.4, 0.5) is 0 Å².